The number of aromatic nitrogens is 1. The van der Waals surface area contributed by atoms with Crippen molar-refractivity contribution >= 4 is 59.7 Å². The lowest BCUT2D eigenvalue weighted by Gasteiger charge is -2.53. The lowest BCUT2D eigenvalue weighted by molar-refractivity contribution is -0.150. The SMILES string of the molecule is CCc1ccc2cccc3c2c1Cc1c(ccc(O)c1OC)CC(Cc1cc[nH]c1)C(O)C1C(=O)C(c2cc(O)cc(C4(NC)CCCC(Cc5ccccc5Cc5ccccc5)C4)c2)(C2CSSCC4CCCCC4Oc4cc2ccc4O)C(O)CC1CSSC3CO. The minimum absolute atomic E-state index is 0.000617. The number of aromatic hydroxyl groups is 3. The van der Waals surface area contributed by atoms with E-state index in [1.807, 2.05) is 55.8 Å². The van der Waals surface area contributed by atoms with Gasteiger partial charge in [0.25, 0.3) is 0 Å². The summed E-state index contributed by atoms with van der Waals surface area (Å²) in [4.78, 5) is 21.2. The van der Waals surface area contributed by atoms with Crippen molar-refractivity contribution in [3.05, 3.63) is 219 Å². The van der Waals surface area contributed by atoms with Gasteiger partial charge in [-0.15, -0.1) is 0 Å². The van der Waals surface area contributed by atoms with Crippen LogP contribution in [-0.4, -0.2) is 97.7 Å². The van der Waals surface area contributed by atoms with E-state index >= 15 is 4.79 Å². The molecule has 3 saturated carbocycles. The number of rotatable bonds is 13. The quantitative estimate of drug-likeness (QED) is 0.0510. The molecule has 15 heteroatoms. The highest BCUT2D eigenvalue weighted by atomic mass is 33.1. The van der Waals surface area contributed by atoms with Crippen LogP contribution in [0.2, 0.25) is 0 Å². The van der Waals surface area contributed by atoms with Gasteiger partial charge < -0.3 is 50.4 Å². The maximum absolute atomic E-state index is 17.9. The summed E-state index contributed by atoms with van der Waals surface area (Å²) in [5.74, 6) is -0.509. The Morgan fingerprint density at radius 3 is 2.32 bits per heavy atom. The molecule has 3 aliphatic carbocycles. The van der Waals surface area contributed by atoms with Crippen LogP contribution >= 0.6 is 43.2 Å². The predicted molar refractivity (Wildman–Crippen MR) is 385 cm³/mol. The number of carbonyl (C=O) groups is 1. The number of phenolic OH excluding ortho intramolecular Hbond substituents is 3. The molecule has 8 N–H and O–H groups in total. The van der Waals surface area contributed by atoms with Crippen LogP contribution in [0.25, 0.3) is 10.8 Å². The molecule has 0 spiro atoms. The molecule has 2 aliphatic heterocycles. The third-order valence-corrected chi connectivity index (χ3v) is 27.5. The van der Waals surface area contributed by atoms with Crippen LogP contribution in [0.15, 0.2) is 152 Å². The van der Waals surface area contributed by atoms with Crippen molar-refractivity contribution < 1.29 is 44.9 Å². The first kappa shape index (κ1) is 66.6. The Kier molecular flexibility index (Phi) is 20.8. The zero-order valence-electron chi connectivity index (χ0n) is 54.2. The van der Waals surface area contributed by atoms with Crippen molar-refractivity contribution in [2.45, 2.75) is 144 Å². The number of Topliss-reactive ketones (excluding diaryl/α,β-unsaturated/α-hetero) is 1. The van der Waals surface area contributed by atoms with E-state index in [0.717, 1.165) is 126 Å². The van der Waals surface area contributed by atoms with Gasteiger partial charge in [-0.2, -0.15) is 0 Å². The molecule has 13 rings (SSSR count). The average molecular weight is 1340 g/mol. The van der Waals surface area contributed by atoms with Crippen molar-refractivity contribution in [3.63, 3.8) is 0 Å². The number of phenols is 3. The van der Waals surface area contributed by atoms with E-state index < -0.39 is 52.1 Å². The number of hydrogen-bond acceptors (Lipinski definition) is 14. The number of aliphatic hydroxyl groups is 3. The number of aliphatic hydroxyl groups excluding tert-OH is 3. The lowest BCUT2D eigenvalue weighted by atomic mass is 9.52. The van der Waals surface area contributed by atoms with Crippen molar-refractivity contribution in [1.82, 2.24) is 10.3 Å². The van der Waals surface area contributed by atoms with Crippen molar-refractivity contribution in [2.24, 2.45) is 29.6 Å². The Bertz CT molecular complexity index is 3940. The number of benzene rings is 7. The molecule has 3 fully saturated rings. The highest BCUT2D eigenvalue weighted by molar-refractivity contribution is 8.77. The van der Waals surface area contributed by atoms with Gasteiger partial charge in [-0.25, -0.2) is 0 Å². The minimum Gasteiger partial charge on any atom is -0.508 e. The summed E-state index contributed by atoms with van der Waals surface area (Å²) >= 11 is 0. The molecular weight excluding hydrogens is 1250 g/mol. The van der Waals surface area contributed by atoms with E-state index in [4.69, 9.17) is 9.47 Å². The smallest absolute Gasteiger partial charge is 0.164 e. The number of ether oxygens (including phenoxy) is 2. The van der Waals surface area contributed by atoms with Gasteiger partial charge in [0.15, 0.2) is 28.8 Å². The number of hydrogen-bond donors (Lipinski definition) is 8. The number of aromatic amines is 1. The Hall–Kier alpha value is -6.01. The van der Waals surface area contributed by atoms with E-state index in [1.165, 1.54) is 16.7 Å². The number of carbonyl (C=O) groups excluding carboxylic acids is 1. The number of ketones is 1. The first-order valence-electron chi connectivity index (χ1n) is 34.0. The van der Waals surface area contributed by atoms with Gasteiger partial charge in [0.2, 0.25) is 0 Å². The molecule has 0 radical (unpaired) electrons. The minimum atomic E-state index is -1.79. The Labute approximate surface area is 569 Å². The topological polar surface area (TPSA) is 185 Å². The second-order valence-electron chi connectivity index (χ2n) is 27.4. The summed E-state index contributed by atoms with van der Waals surface area (Å²) in [6, 6.07) is 46.8. The molecule has 5 aliphatic rings. The van der Waals surface area contributed by atoms with Crippen LogP contribution in [0, 0.1) is 29.6 Å². The third-order valence-electron chi connectivity index (χ3n) is 22.1. The summed E-state index contributed by atoms with van der Waals surface area (Å²) in [6.45, 7) is 1.98. The van der Waals surface area contributed by atoms with Gasteiger partial charge in [-0.1, -0.05) is 166 Å². The van der Waals surface area contributed by atoms with Gasteiger partial charge in [0.1, 0.15) is 11.9 Å². The first-order valence-corrected chi connectivity index (χ1v) is 38.9. The summed E-state index contributed by atoms with van der Waals surface area (Å²) in [5.41, 5.74) is 9.35. The van der Waals surface area contributed by atoms with E-state index in [0.29, 0.717) is 53.4 Å². The van der Waals surface area contributed by atoms with Crippen molar-refractivity contribution in [2.75, 3.05) is 38.0 Å². The van der Waals surface area contributed by atoms with Crippen LogP contribution in [0.5, 0.6) is 28.7 Å². The second-order valence-corrected chi connectivity index (χ2v) is 32.6. The molecule has 12 unspecified atom stereocenters. The molecule has 0 saturated heterocycles. The number of fused-ring (bicyclic) bond motifs is 5. The molecule has 1 aromatic heterocycles. The van der Waals surface area contributed by atoms with Crippen LogP contribution in [0.3, 0.4) is 0 Å². The van der Waals surface area contributed by atoms with Crippen molar-refractivity contribution in [1.29, 1.82) is 0 Å². The highest BCUT2D eigenvalue weighted by Crippen LogP contribution is 2.58. The largest absolute Gasteiger partial charge is 0.508 e. The van der Waals surface area contributed by atoms with Gasteiger partial charge in [-0.3, -0.25) is 4.79 Å². The summed E-state index contributed by atoms with van der Waals surface area (Å²) in [6.07, 6.45) is 12.3. The maximum atomic E-state index is 17.9. The Balaban J connectivity index is 0.980. The molecular formula is C79H90N2O9S4. The predicted octanol–water partition coefficient (Wildman–Crippen LogP) is 15.7. The number of methoxy groups -OCH3 is 1. The monoisotopic (exact) mass is 1340 g/mol. The molecule has 8 aromatic rings. The van der Waals surface area contributed by atoms with E-state index in [-0.39, 0.29) is 54.0 Å². The fourth-order valence-corrected chi connectivity index (χ4v) is 23.0. The zero-order valence-corrected chi connectivity index (χ0v) is 57.4. The Morgan fingerprint density at radius 1 is 0.734 bits per heavy atom. The van der Waals surface area contributed by atoms with Gasteiger partial charge >= 0.3 is 0 Å². The molecule has 2 bridgehead atoms. The zero-order chi connectivity index (χ0) is 65.1. The van der Waals surface area contributed by atoms with E-state index in [2.05, 4.69) is 102 Å². The van der Waals surface area contributed by atoms with Crippen molar-refractivity contribution in [3.8, 4) is 28.7 Å². The van der Waals surface area contributed by atoms with Gasteiger partial charge in [0.05, 0.1) is 36.6 Å². The summed E-state index contributed by atoms with van der Waals surface area (Å²) in [5, 5.41) is 81.6. The third kappa shape index (κ3) is 13.3. The molecule has 3 heterocycles. The normalized spacial score (nSPS) is 27.7. The molecule has 494 valence electrons. The number of aryl methyl sites for hydroxylation is 1. The fourth-order valence-electron chi connectivity index (χ4n) is 17.3. The second kappa shape index (κ2) is 29.4. The number of nitrogens with one attached hydrogen (secondary N) is 2. The lowest BCUT2D eigenvalue weighted by Crippen LogP contribution is -2.62. The standard InChI is InChI=1S/C79H90N2O9S4/c1-4-51-23-24-52-20-12-21-63-71(44-82)94-93-46-59-37-72(86)79(66-47-92-91-45-57-19-10-11-22-69(57)90-70-36-56(66)26-27-67(70)84,77(88)74(59)75(87)58(34-50-29-31-81-43-50)35-55-25-28-68(85)76(89-3)65(55)41-64(51)73(52)63)61-38-60(39-62(83)40-61)78(80-2)30-13-16-49(42-78)33-54-18-9-8-17-53(54)32-48-14-6-5-7-15-48/h5-9,12,14-15,17-18,20-21,23-29,31,36,38-40,43,49,57-59,66,69,71-72,74-75,80-87H,4,10-11,13,16,19,22,30,32-35,37,41-42,44-47H2,1-3H3. The van der Waals surface area contributed by atoms with Crippen LogP contribution < -0.4 is 14.8 Å². The molecule has 0 amide bonds. The van der Waals surface area contributed by atoms with Crippen LogP contribution in [0.4, 0.5) is 0 Å². The fraction of sp³-hybridized carbons (Fsp3) is 0.430. The molecule has 7 aromatic carbocycles. The maximum Gasteiger partial charge on any atom is 0.164 e. The highest BCUT2D eigenvalue weighted by Gasteiger charge is 2.62. The molecule has 94 heavy (non-hydrogen) atoms. The van der Waals surface area contributed by atoms with Crippen LogP contribution in [-0.2, 0) is 54.3 Å². The summed E-state index contributed by atoms with van der Waals surface area (Å²) in [7, 11) is 10.2. The Morgan fingerprint density at radius 2 is 1.52 bits per heavy atom. The molecule has 12 atom stereocenters. The first-order chi connectivity index (χ1) is 45.8. The number of H-pyrrole nitrogens is 1. The van der Waals surface area contributed by atoms with Gasteiger partial charge in [0, 0.05) is 64.9 Å². The van der Waals surface area contributed by atoms with Crippen LogP contribution in [0.1, 0.15) is 143 Å². The van der Waals surface area contributed by atoms with Gasteiger partial charge in [-0.05, 0) is 210 Å². The summed E-state index contributed by atoms with van der Waals surface area (Å²) < 4.78 is 13.1. The van der Waals surface area contributed by atoms with E-state index in [9.17, 15) is 30.6 Å². The van der Waals surface area contributed by atoms with E-state index in [1.54, 1.807) is 68.5 Å². The molecule has 11 nitrogen and oxygen atoms in total. The average Bonchev–Trinajstić information content (AvgIpc) is 0.810.